The van der Waals surface area contributed by atoms with E-state index in [-0.39, 0.29) is 0 Å². The van der Waals surface area contributed by atoms with Gasteiger partial charge in [-0.05, 0) is 26.9 Å². The fraction of sp³-hybridized carbons (Fsp3) is 0.818. The van der Waals surface area contributed by atoms with E-state index in [1.54, 1.807) is 7.11 Å². The number of carbonyl (C=O) groups is 2. The lowest BCUT2D eigenvalue weighted by Crippen LogP contribution is -2.47. The largest absolute Gasteiger partial charge is 0.480 e. The molecule has 18 heavy (non-hydrogen) atoms. The molecule has 2 amide bonds. The highest BCUT2D eigenvalue weighted by Gasteiger charge is 2.18. The summed E-state index contributed by atoms with van der Waals surface area (Å²) in [4.78, 5) is 24.3. The second kappa shape index (κ2) is 9.67. The van der Waals surface area contributed by atoms with Gasteiger partial charge in [-0.2, -0.15) is 0 Å². The predicted octanol–water partition coefficient (Wildman–Crippen LogP) is -0.273. The van der Waals surface area contributed by atoms with Crippen molar-refractivity contribution >= 4 is 12.0 Å². The molecule has 0 saturated heterocycles. The smallest absolute Gasteiger partial charge is 0.326 e. The van der Waals surface area contributed by atoms with Crippen molar-refractivity contribution in [2.24, 2.45) is 0 Å². The first-order valence-corrected chi connectivity index (χ1v) is 5.88. The first-order valence-electron chi connectivity index (χ1n) is 5.88. The third kappa shape index (κ3) is 8.77. The Morgan fingerprint density at radius 2 is 2.06 bits per heavy atom. The van der Waals surface area contributed by atoms with E-state index >= 15 is 0 Å². The zero-order valence-corrected chi connectivity index (χ0v) is 11.2. The number of urea groups is 1. The second-order valence-electron chi connectivity index (χ2n) is 4.23. The van der Waals surface area contributed by atoms with E-state index in [1.165, 1.54) is 0 Å². The Balaban J connectivity index is 3.92. The molecule has 0 rings (SSSR count). The Morgan fingerprint density at radius 3 is 2.56 bits per heavy atom. The third-order valence-electron chi connectivity index (χ3n) is 2.29. The number of hydrogen-bond donors (Lipinski definition) is 3. The number of carboxylic acids is 1. The fourth-order valence-corrected chi connectivity index (χ4v) is 1.29. The lowest BCUT2D eigenvalue weighted by atomic mass is 10.1. The lowest BCUT2D eigenvalue weighted by Gasteiger charge is -2.16. The summed E-state index contributed by atoms with van der Waals surface area (Å²) in [6.07, 6.45) is 0.940. The molecule has 3 N–H and O–H groups in total. The van der Waals surface area contributed by atoms with Crippen molar-refractivity contribution in [3.05, 3.63) is 0 Å². The number of hydrogen-bond acceptors (Lipinski definition) is 4. The zero-order valence-electron chi connectivity index (χ0n) is 11.2. The number of carboxylic acid groups (broad SMARTS) is 1. The van der Waals surface area contributed by atoms with Gasteiger partial charge in [0.1, 0.15) is 6.04 Å². The summed E-state index contributed by atoms with van der Waals surface area (Å²) in [5.41, 5.74) is 0. The first-order chi connectivity index (χ1) is 8.47. The van der Waals surface area contributed by atoms with Crippen molar-refractivity contribution in [2.45, 2.75) is 18.9 Å². The van der Waals surface area contributed by atoms with Gasteiger partial charge in [0, 0.05) is 26.8 Å². The topological polar surface area (TPSA) is 90.9 Å². The van der Waals surface area contributed by atoms with Gasteiger partial charge in [0.15, 0.2) is 0 Å². The molecule has 7 nitrogen and oxygen atoms in total. The van der Waals surface area contributed by atoms with Crippen molar-refractivity contribution < 1.29 is 19.4 Å². The van der Waals surface area contributed by atoms with Gasteiger partial charge < -0.3 is 25.4 Å². The van der Waals surface area contributed by atoms with E-state index in [0.717, 1.165) is 0 Å². The van der Waals surface area contributed by atoms with Crippen LogP contribution in [-0.2, 0) is 9.53 Å². The number of nitrogens with one attached hydrogen (secondary N) is 2. The lowest BCUT2D eigenvalue weighted by molar-refractivity contribution is -0.139. The van der Waals surface area contributed by atoms with Crippen LogP contribution in [0.3, 0.4) is 0 Å². The fourth-order valence-electron chi connectivity index (χ4n) is 1.29. The molecule has 0 aliphatic heterocycles. The van der Waals surface area contributed by atoms with E-state index in [0.29, 0.717) is 32.5 Å². The molecular formula is C11H23N3O4. The molecular weight excluding hydrogens is 238 g/mol. The van der Waals surface area contributed by atoms with Crippen LogP contribution in [0.4, 0.5) is 4.79 Å². The molecule has 0 aromatic rings. The van der Waals surface area contributed by atoms with Gasteiger partial charge >= 0.3 is 12.0 Å². The van der Waals surface area contributed by atoms with Crippen molar-refractivity contribution in [1.82, 2.24) is 15.5 Å². The number of likely N-dealkylation sites (N-methyl/N-ethyl adjacent to an activating group) is 1. The number of aliphatic carboxylic acids is 1. The Bertz CT molecular complexity index is 259. The van der Waals surface area contributed by atoms with Crippen LogP contribution in [0.15, 0.2) is 0 Å². The summed E-state index contributed by atoms with van der Waals surface area (Å²) in [6, 6.07) is -1.33. The molecule has 0 aliphatic carbocycles. The molecule has 0 radical (unpaired) electrons. The molecule has 0 bridgehead atoms. The Kier molecular flexibility index (Phi) is 8.95. The molecule has 1 atom stereocenters. The number of carbonyl (C=O) groups excluding carboxylic acids is 1. The average Bonchev–Trinajstić information content (AvgIpc) is 2.27. The van der Waals surface area contributed by atoms with Crippen LogP contribution >= 0.6 is 0 Å². The van der Waals surface area contributed by atoms with Crippen LogP contribution in [0.2, 0.25) is 0 Å². The van der Waals surface area contributed by atoms with Crippen molar-refractivity contribution in [3.63, 3.8) is 0 Å². The van der Waals surface area contributed by atoms with E-state index < -0.39 is 18.0 Å². The van der Waals surface area contributed by atoms with Crippen LogP contribution < -0.4 is 10.6 Å². The SMILES string of the molecule is COCCCC(NC(=O)NCCN(C)C)C(=O)O. The normalized spacial score (nSPS) is 12.2. The summed E-state index contributed by atoms with van der Waals surface area (Å²) in [7, 11) is 5.34. The van der Waals surface area contributed by atoms with Crippen LogP contribution in [0.1, 0.15) is 12.8 Å². The minimum Gasteiger partial charge on any atom is -0.480 e. The zero-order chi connectivity index (χ0) is 14.0. The summed E-state index contributed by atoms with van der Waals surface area (Å²) >= 11 is 0. The number of nitrogens with zero attached hydrogens (tertiary/aromatic N) is 1. The Morgan fingerprint density at radius 1 is 1.39 bits per heavy atom. The highest BCUT2D eigenvalue weighted by atomic mass is 16.5. The molecule has 0 aliphatic rings. The van der Waals surface area contributed by atoms with E-state index in [2.05, 4.69) is 10.6 Å². The molecule has 0 heterocycles. The quantitative estimate of drug-likeness (QED) is 0.497. The number of amides is 2. The minimum atomic E-state index is -1.03. The van der Waals surface area contributed by atoms with Crippen LogP contribution in [-0.4, -0.2) is 69.0 Å². The summed E-state index contributed by atoms with van der Waals surface area (Å²) < 4.78 is 4.84. The van der Waals surface area contributed by atoms with Crippen molar-refractivity contribution in [1.29, 1.82) is 0 Å². The van der Waals surface area contributed by atoms with E-state index in [4.69, 9.17) is 9.84 Å². The van der Waals surface area contributed by atoms with Gasteiger partial charge in [-0.25, -0.2) is 9.59 Å². The maximum Gasteiger partial charge on any atom is 0.326 e. The molecule has 1 unspecified atom stereocenters. The van der Waals surface area contributed by atoms with Gasteiger partial charge in [-0.1, -0.05) is 0 Å². The van der Waals surface area contributed by atoms with Gasteiger partial charge in [-0.15, -0.1) is 0 Å². The Hall–Kier alpha value is -1.34. The predicted molar refractivity (Wildman–Crippen MR) is 67.6 cm³/mol. The second-order valence-corrected chi connectivity index (χ2v) is 4.23. The summed E-state index contributed by atoms with van der Waals surface area (Å²) in [6.45, 7) is 1.66. The highest BCUT2D eigenvalue weighted by Crippen LogP contribution is 1.98. The number of rotatable bonds is 9. The molecule has 0 aromatic heterocycles. The van der Waals surface area contributed by atoms with Crippen LogP contribution in [0, 0.1) is 0 Å². The molecule has 0 spiro atoms. The maximum absolute atomic E-state index is 11.4. The number of methoxy groups -OCH3 is 1. The van der Waals surface area contributed by atoms with E-state index in [1.807, 2.05) is 19.0 Å². The molecule has 7 heteroatoms. The van der Waals surface area contributed by atoms with E-state index in [9.17, 15) is 9.59 Å². The van der Waals surface area contributed by atoms with Gasteiger partial charge in [0.25, 0.3) is 0 Å². The summed E-state index contributed by atoms with van der Waals surface area (Å²) in [5, 5.41) is 14.0. The Labute approximate surface area is 107 Å². The molecule has 0 saturated carbocycles. The average molecular weight is 261 g/mol. The van der Waals surface area contributed by atoms with Gasteiger partial charge in [0.2, 0.25) is 0 Å². The van der Waals surface area contributed by atoms with Crippen LogP contribution in [0.5, 0.6) is 0 Å². The molecule has 0 fully saturated rings. The first kappa shape index (κ1) is 16.7. The van der Waals surface area contributed by atoms with Gasteiger partial charge in [-0.3, -0.25) is 0 Å². The molecule has 106 valence electrons. The standard InChI is InChI=1S/C11H23N3O4/c1-14(2)7-6-12-11(17)13-9(10(15)16)5-4-8-18-3/h9H,4-8H2,1-3H3,(H,15,16)(H2,12,13,17). The summed E-state index contributed by atoms with van der Waals surface area (Å²) in [5.74, 6) is -1.03. The van der Waals surface area contributed by atoms with Crippen LogP contribution in [0.25, 0.3) is 0 Å². The monoisotopic (exact) mass is 261 g/mol. The minimum absolute atomic E-state index is 0.351. The number of ether oxygens (including phenoxy) is 1. The maximum atomic E-state index is 11.4. The molecule has 0 aromatic carbocycles. The van der Waals surface area contributed by atoms with Crippen molar-refractivity contribution in [3.8, 4) is 0 Å². The van der Waals surface area contributed by atoms with Crippen molar-refractivity contribution in [2.75, 3.05) is 40.9 Å². The van der Waals surface area contributed by atoms with Gasteiger partial charge in [0.05, 0.1) is 0 Å². The third-order valence-corrected chi connectivity index (χ3v) is 2.29. The highest BCUT2D eigenvalue weighted by molar-refractivity contribution is 5.82.